The van der Waals surface area contributed by atoms with Crippen molar-refractivity contribution < 1.29 is 80.5 Å². The van der Waals surface area contributed by atoms with E-state index in [1.807, 2.05) is 6.92 Å². The van der Waals surface area contributed by atoms with E-state index < -0.39 is 90.6 Å². The molecule has 1 aliphatic rings. The van der Waals surface area contributed by atoms with Gasteiger partial charge in [0.15, 0.2) is 17.7 Å². The molecule has 0 saturated carbocycles. The van der Waals surface area contributed by atoms with Crippen molar-refractivity contribution in [3.8, 4) is 0 Å². The molecule has 29 heteroatoms. The molecule has 2 amide bonds. The van der Waals surface area contributed by atoms with E-state index in [0.29, 0.717) is 12.2 Å². The maximum absolute atomic E-state index is 12.7. The number of anilines is 1. The largest absolute Gasteiger partial charge is 0.481 e. The lowest BCUT2D eigenvalue weighted by Gasteiger charge is -2.30. The molecule has 1 saturated heterocycles. The third-order valence-electron chi connectivity index (χ3n) is 7.65. The second kappa shape index (κ2) is 19.8. The second-order valence-corrected chi connectivity index (χ2v) is 18.0. The van der Waals surface area contributed by atoms with Gasteiger partial charge in [0.05, 0.1) is 25.6 Å². The first-order valence-corrected chi connectivity index (χ1v) is 21.8. The van der Waals surface area contributed by atoms with Crippen LogP contribution in [-0.2, 0) is 50.7 Å². The molecule has 2 aromatic heterocycles. The van der Waals surface area contributed by atoms with Crippen LogP contribution in [0.3, 0.4) is 0 Å². The molecule has 1 fully saturated rings. The number of nitrogens with one attached hydrogen (secondary N) is 2. The van der Waals surface area contributed by atoms with Gasteiger partial charge < -0.3 is 56.6 Å². The molecule has 0 radical (unpaired) electrons. The summed E-state index contributed by atoms with van der Waals surface area (Å²) in [5, 5.41) is 26.1. The van der Waals surface area contributed by atoms with Crippen LogP contribution >= 0.6 is 35.2 Å². The average Bonchev–Trinajstić information content (AvgIpc) is 3.64. The minimum Gasteiger partial charge on any atom is -0.386 e. The minimum atomic E-state index is -5.57. The second-order valence-electron chi connectivity index (χ2n) is 12.6. The van der Waals surface area contributed by atoms with Gasteiger partial charge in [-0.3, -0.25) is 32.5 Å². The first-order chi connectivity index (χ1) is 25.5. The highest BCUT2D eigenvalue weighted by atomic mass is 32.2. The molecular formula is C26H45N8O17P3S. The minimum absolute atomic E-state index is 0.0286. The van der Waals surface area contributed by atoms with Crippen LogP contribution in [0.2, 0.25) is 0 Å². The van der Waals surface area contributed by atoms with E-state index in [4.69, 9.17) is 25.3 Å². The molecule has 0 aliphatic carbocycles. The number of aliphatic hydroxyl groups is 2. The number of nitrogen functional groups attached to an aromatic ring is 1. The van der Waals surface area contributed by atoms with E-state index in [-0.39, 0.29) is 41.6 Å². The number of rotatable bonds is 22. The monoisotopic (exact) mass is 866 g/mol. The van der Waals surface area contributed by atoms with Gasteiger partial charge in [-0.2, -0.15) is 4.31 Å². The van der Waals surface area contributed by atoms with E-state index in [1.165, 1.54) is 13.8 Å². The lowest BCUT2D eigenvalue weighted by atomic mass is 9.87. The number of hydrogen-bond donors (Lipinski definition) is 10. The Balaban J connectivity index is 1.50. The molecule has 1 aliphatic heterocycles. The third kappa shape index (κ3) is 14.1. The number of nitrogens with zero attached hydrogens (tertiary/aromatic N) is 4. The zero-order chi connectivity index (χ0) is 41.4. The standard InChI is InChI=1S/C26H45N8O17P3S/c1-4-5-14(27)25(39)55-9-8-29-16(35)6-7-30-23(38)20(37)26(2,3)11-48-54(45,46)51-53(43,44)47-10-15-19(50-52(40,41)42)18(36)24(49-15)34-13-33-17-21(28)31-12-32-22(17)34/h12-15,18-20,24,36-37H,4-11,27H2,1-3H3,(H,29,35)(H,30,38)(H,43,44)(H,45,46)(H2,28,31,32)(H2,40,41,42). The molecule has 0 spiro atoms. The summed E-state index contributed by atoms with van der Waals surface area (Å²) in [4.78, 5) is 87.3. The van der Waals surface area contributed by atoms with Crippen LogP contribution in [-0.4, -0.2) is 129 Å². The number of aromatic nitrogens is 4. The maximum atomic E-state index is 12.7. The zero-order valence-electron chi connectivity index (χ0n) is 29.6. The number of phosphoric acid groups is 3. The normalized spacial score (nSPS) is 22.4. The fourth-order valence-electron chi connectivity index (χ4n) is 4.82. The number of fused-ring (bicyclic) bond motifs is 1. The Bertz CT molecular complexity index is 1800. The van der Waals surface area contributed by atoms with Crippen molar-refractivity contribution in [3.63, 3.8) is 0 Å². The number of carbonyl (C=O) groups is 3. The Morgan fingerprint density at radius 2 is 1.75 bits per heavy atom. The van der Waals surface area contributed by atoms with Crippen LogP contribution in [0.4, 0.5) is 5.82 Å². The molecular weight excluding hydrogens is 821 g/mol. The number of aliphatic hydroxyl groups excluding tert-OH is 2. The number of nitrogens with two attached hydrogens (primary N) is 2. The van der Waals surface area contributed by atoms with Crippen molar-refractivity contribution in [1.82, 2.24) is 30.2 Å². The first-order valence-electron chi connectivity index (χ1n) is 16.3. The molecule has 8 unspecified atom stereocenters. The summed E-state index contributed by atoms with van der Waals surface area (Å²) in [6.45, 7) is 2.33. The quantitative estimate of drug-likeness (QED) is 0.0490. The molecule has 3 heterocycles. The van der Waals surface area contributed by atoms with Crippen LogP contribution in [0.15, 0.2) is 12.7 Å². The van der Waals surface area contributed by atoms with Gasteiger partial charge >= 0.3 is 23.5 Å². The fourth-order valence-corrected chi connectivity index (χ4v) is 8.38. The Kier molecular flexibility index (Phi) is 16.9. The van der Waals surface area contributed by atoms with E-state index in [1.54, 1.807) is 0 Å². The van der Waals surface area contributed by atoms with Crippen LogP contribution < -0.4 is 22.1 Å². The Hall–Kier alpha value is -2.48. The molecule has 0 bridgehead atoms. The fraction of sp³-hybridized carbons (Fsp3) is 0.692. The summed E-state index contributed by atoms with van der Waals surface area (Å²) in [6.07, 6.45) is -5.63. The molecule has 312 valence electrons. The van der Waals surface area contributed by atoms with Gasteiger partial charge in [-0.25, -0.2) is 28.6 Å². The van der Waals surface area contributed by atoms with Crippen LogP contribution in [0.25, 0.3) is 11.2 Å². The summed E-state index contributed by atoms with van der Waals surface area (Å²) >= 11 is 0.993. The van der Waals surface area contributed by atoms with Crippen molar-refractivity contribution in [3.05, 3.63) is 12.7 Å². The molecule has 12 N–H and O–H groups in total. The first kappa shape index (κ1) is 46.9. The van der Waals surface area contributed by atoms with E-state index >= 15 is 0 Å². The molecule has 25 nitrogen and oxygen atoms in total. The lowest BCUT2D eigenvalue weighted by Crippen LogP contribution is -2.46. The van der Waals surface area contributed by atoms with Crippen LogP contribution in [0.1, 0.15) is 46.3 Å². The molecule has 2 aromatic rings. The number of thioether (sulfide) groups is 1. The smallest absolute Gasteiger partial charge is 0.386 e. The number of carbonyl (C=O) groups excluding carboxylic acids is 3. The van der Waals surface area contributed by atoms with Gasteiger partial charge in [-0.05, 0) is 6.42 Å². The molecule has 0 aromatic carbocycles. The average molecular weight is 867 g/mol. The highest BCUT2D eigenvalue weighted by Crippen LogP contribution is 2.61. The van der Waals surface area contributed by atoms with Crippen molar-refractivity contribution in [2.45, 2.75) is 76.7 Å². The third-order valence-corrected chi connectivity index (χ3v) is 11.7. The maximum Gasteiger partial charge on any atom is 0.481 e. The Morgan fingerprint density at radius 1 is 1.07 bits per heavy atom. The van der Waals surface area contributed by atoms with Crippen molar-refractivity contribution >= 4 is 69.1 Å². The predicted octanol–water partition coefficient (Wildman–Crippen LogP) is -1.21. The summed E-state index contributed by atoms with van der Waals surface area (Å²) < 4.78 is 62.0. The van der Waals surface area contributed by atoms with Gasteiger partial charge in [0.25, 0.3) is 0 Å². The number of imidazole rings is 1. The lowest BCUT2D eigenvalue weighted by molar-refractivity contribution is -0.137. The summed E-state index contributed by atoms with van der Waals surface area (Å²) in [5.41, 5.74) is 9.99. The van der Waals surface area contributed by atoms with Gasteiger partial charge in [0.1, 0.15) is 36.3 Å². The van der Waals surface area contributed by atoms with E-state index in [2.05, 4.69) is 34.4 Å². The van der Waals surface area contributed by atoms with Crippen molar-refractivity contribution in [2.24, 2.45) is 11.1 Å². The summed E-state index contributed by atoms with van der Waals surface area (Å²) in [7, 11) is -16.4. The van der Waals surface area contributed by atoms with Gasteiger partial charge in [-0.1, -0.05) is 39.0 Å². The Morgan fingerprint density at radius 3 is 2.40 bits per heavy atom. The van der Waals surface area contributed by atoms with Gasteiger partial charge in [0, 0.05) is 30.7 Å². The molecule has 8 atom stereocenters. The van der Waals surface area contributed by atoms with Gasteiger partial charge in [0.2, 0.25) is 16.9 Å². The number of amides is 2. The van der Waals surface area contributed by atoms with Crippen molar-refractivity contribution in [2.75, 3.05) is 37.8 Å². The molecule has 3 rings (SSSR count). The number of ether oxygens (including phenoxy) is 1. The van der Waals surface area contributed by atoms with Gasteiger partial charge in [-0.15, -0.1) is 0 Å². The number of phosphoric ester groups is 3. The highest BCUT2D eigenvalue weighted by Gasteiger charge is 2.50. The van der Waals surface area contributed by atoms with Crippen LogP contribution in [0, 0.1) is 5.41 Å². The summed E-state index contributed by atoms with van der Waals surface area (Å²) in [6, 6.07) is -0.581. The Labute approximate surface area is 317 Å². The van der Waals surface area contributed by atoms with Crippen molar-refractivity contribution in [1.29, 1.82) is 0 Å². The number of hydrogen-bond acceptors (Lipinski definition) is 19. The molecule has 55 heavy (non-hydrogen) atoms. The highest BCUT2D eigenvalue weighted by molar-refractivity contribution is 8.13. The zero-order valence-corrected chi connectivity index (χ0v) is 33.1. The SMILES string of the molecule is CCCC(N)C(=O)SCCNC(=O)CCNC(=O)C(O)C(C)(C)COP(=O)(O)OP(=O)(O)OCC1OC(n2cnc3c(N)ncnc32)C(O)C1OP(=O)(O)O. The van der Waals surface area contributed by atoms with E-state index in [9.17, 15) is 57.9 Å². The van der Waals surface area contributed by atoms with Crippen LogP contribution in [0.5, 0.6) is 0 Å². The van der Waals surface area contributed by atoms with E-state index in [0.717, 1.165) is 35.4 Å². The summed E-state index contributed by atoms with van der Waals surface area (Å²) in [5.74, 6) is -1.19. The predicted molar refractivity (Wildman–Crippen MR) is 190 cm³/mol. The topological polar surface area (TPSA) is 390 Å².